The molecule has 3 fully saturated rings. The van der Waals surface area contributed by atoms with Crippen molar-refractivity contribution in [3.8, 4) is 11.8 Å². The highest BCUT2D eigenvalue weighted by molar-refractivity contribution is 5.34. The third kappa shape index (κ3) is 4.37. The molecule has 3 unspecified atom stereocenters. The Morgan fingerprint density at radius 1 is 1.12 bits per heavy atom. The van der Waals surface area contributed by atoms with E-state index < -0.39 is 0 Å². The van der Waals surface area contributed by atoms with Crippen LogP contribution in [-0.4, -0.2) is 60.7 Å². The van der Waals surface area contributed by atoms with Crippen molar-refractivity contribution >= 4 is 0 Å². The number of piperazine rings is 1. The van der Waals surface area contributed by atoms with Crippen LogP contribution in [0, 0.1) is 17.2 Å². The minimum Gasteiger partial charge on any atom is -0.494 e. The molecule has 4 rings (SSSR count). The molecule has 0 radical (unpaired) electrons. The standard InChI is InChI=1S/C21H30N4O/c22-11-16-3-7-21(8-4-16)26-10-9-18(23)13-25-19-5-6-20(25)15-24(14-19)12-17-1-2-17/h3-4,7-8,17-20H,1-2,5-6,9-10,12-15,23H2. The van der Waals surface area contributed by atoms with Crippen LogP contribution in [0.4, 0.5) is 0 Å². The molecule has 2 heterocycles. The van der Waals surface area contributed by atoms with Crippen LogP contribution in [0.3, 0.4) is 0 Å². The summed E-state index contributed by atoms with van der Waals surface area (Å²) in [5.74, 6) is 1.80. The molecule has 0 spiro atoms. The fourth-order valence-electron chi connectivity index (χ4n) is 4.51. The van der Waals surface area contributed by atoms with Gasteiger partial charge in [-0.25, -0.2) is 0 Å². The molecule has 3 aliphatic rings. The zero-order chi connectivity index (χ0) is 17.9. The predicted molar refractivity (Wildman–Crippen MR) is 102 cm³/mol. The second-order valence-electron chi connectivity index (χ2n) is 8.28. The van der Waals surface area contributed by atoms with E-state index in [1.807, 2.05) is 12.1 Å². The lowest BCUT2D eigenvalue weighted by atomic mass is 10.1. The van der Waals surface area contributed by atoms with Crippen molar-refractivity contribution in [3.05, 3.63) is 29.8 Å². The van der Waals surface area contributed by atoms with Gasteiger partial charge in [-0.15, -0.1) is 0 Å². The number of rotatable bonds is 8. The van der Waals surface area contributed by atoms with Crippen molar-refractivity contribution in [1.82, 2.24) is 9.80 Å². The third-order valence-corrected chi connectivity index (χ3v) is 6.11. The molecule has 2 N–H and O–H groups in total. The molecule has 1 aromatic rings. The number of nitrogens with two attached hydrogens (primary N) is 1. The number of hydrogen-bond acceptors (Lipinski definition) is 5. The van der Waals surface area contributed by atoms with E-state index in [9.17, 15) is 0 Å². The van der Waals surface area contributed by atoms with E-state index >= 15 is 0 Å². The van der Waals surface area contributed by atoms with E-state index in [4.69, 9.17) is 15.7 Å². The molecule has 2 bridgehead atoms. The van der Waals surface area contributed by atoms with E-state index in [0.717, 1.165) is 24.6 Å². The van der Waals surface area contributed by atoms with E-state index in [2.05, 4.69) is 15.9 Å². The van der Waals surface area contributed by atoms with Gasteiger partial charge in [0.15, 0.2) is 0 Å². The summed E-state index contributed by atoms with van der Waals surface area (Å²) in [5, 5.41) is 8.83. The van der Waals surface area contributed by atoms with Crippen LogP contribution in [0.15, 0.2) is 24.3 Å². The molecule has 5 nitrogen and oxygen atoms in total. The summed E-state index contributed by atoms with van der Waals surface area (Å²) in [6.07, 6.45) is 6.42. The van der Waals surface area contributed by atoms with Crippen molar-refractivity contribution in [1.29, 1.82) is 5.26 Å². The molecule has 140 valence electrons. The van der Waals surface area contributed by atoms with Crippen molar-refractivity contribution in [3.63, 3.8) is 0 Å². The van der Waals surface area contributed by atoms with Crippen molar-refractivity contribution in [2.45, 2.75) is 50.2 Å². The van der Waals surface area contributed by atoms with Gasteiger partial charge in [-0.2, -0.15) is 5.26 Å². The van der Waals surface area contributed by atoms with Gasteiger partial charge < -0.3 is 10.5 Å². The summed E-state index contributed by atoms with van der Waals surface area (Å²) < 4.78 is 5.79. The van der Waals surface area contributed by atoms with Crippen LogP contribution in [-0.2, 0) is 0 Å². The average molecular weight is 354 g/mol. The van der Waals surface area contributed by atoms with E-state index in [1.54, 1.807) is 12.1 Å². The molecule has 26 heavy (non-hydrogen) atoms. The van der Waals surface area contributed by atoms with Gasteiger partial charge in [0, 0.05) is 44.3 Å². The Balaban J connectivity index is 1.20. The molecule has 0 aromatic heterocycles. The topological polar surface area (TPSA) is 65.5 Å². The van der Waals surface area contributed by atoms with Crippen LogP contribution in [0.2, 0.25) is 0 Å². The van der Waals surface area contributed by atoms with Crippen molar-refractivity contribution in [2.75, 3.05) is 32.8 Å². The Labute approximate surface area is 156 Å². The highest BCUT2D eigenvalue weighted by Crippen LogP contribution is 2.34. The fourth-order valence-corrected chi connectivity index (χ4v) is 4.51. The van der Waals surface area contributed by atoms with E-state index in [1.165, 1.54) is 45.3 Å². The smallest absolute Gasteiger partial charge is 0.119 e. The number of nitrogens with zero attached hydrogens (tertiary/aromatic N) is 3. The first-order valence-corrected chi connectivity index (χ1v) is 10.1. The lowest BCUT2D eigenvalue weighted by Gasteiger charge is -2.42. The molecule has 3 atom stereocenters. The molecule has 2 saturated heterocycles. The maximum Gasteiger partial charge on any atom is 0.119 e. The summed E-state index contributed by atoms with van der Waals surface area (Å²) >= 11 is 0. The normalized spacial score (nSPS) is 27.2. The Morgan fingerprint density at radius 3 is 2.42 bits per heavy atom. The minimum atomic E-state index is 0.159. The van der Waals surface area contributed by atoms with Crippen molar-refractivity contribution < 1.29 is 4.74 Å². The molecule has 1 aliphatic carbocycles. The number of ether oxygens (including phenoxy) is 1. The number of fused-ring (bicyclic) bond motifs is 2. The molecular formula is C21H30N4O. The zero-order valence-electron chi connectivity index (χ0n) is 15.5. The summed E-state index contributed by atoms with van der Waals surface area (Å²) in [7, 11) is 0. The van der Waals surface area contributed by atoms with Crippen molar-refractivity contribution in [2.24, 2.45) is 11.7 Å². The first-order valence-electron chi connectivity index (χ1n) is 10.1. The van der Waals surface area contributed by atoms with Gasteiger partial charge in [0.25, 0.3) is 0 Å². The highest BCUT2D eigenvalue weighted by Gasteiger charge is 2.41. The SMILES string of the molecule is N#Cc1ccc(OCCC(N)CN2C3CCC2CN(CC2CC2)C3)cc1. The van der Waals surface area contributed by atoms with Crippen LogP contribution in [0.5, 0.6) is 5.75 Å². The quantitative estimate of drug-likeness (QED) is 0.775. The van der Waals surface area contributed by atoms with Crippen LogP contribution in [0.1, 0.15) is 37.7 Å². The molecular weight excluding hydrogens is 324 g/mol. The third-order valence-electron chi connectivity index (χ3n) is 6.11. The Morgan fingerprint density at radius 2 is 1.81 bits per heavy atom. The van der Waals surface area contributed by atoms with E-state index in [0.29, 0.717) is 24.3 Å². The summed E-state index contributed by atoms with van der Waals surface area (Å²) in [6, 6.07) is 11.0. The maximum atomic E-state index is 8.83. The Bertz CT molecular complexity index is 622. The van der Waals surface area contributed by atoms with Gasteiger partial charge in [-0.1, -0.05) is 0 Å². The summed E-state index contributed by atoms with van der Waals surface area (Å²) in [4.78, 5) is 5.38. The molecule has 0 amide bonds. The average Bonchev–Trinajstić information content (AvgIpc) is 3.43. The minimum absolute atomic E-state index is 0.159. The van der Waals surface area contributed by atoms with Crippen LogP contribution < -0.4 is 10.5 Å². The second kappa shape index (κ2) is 7.96. The monoisotopic (exact) mass is 354 g/mol. The number of benzene rings is 1. The highest BCUT2D eigenvalue weighted by atomic mass is 16.5. The van der Waals surface area contributed by atoms with Crippen LogP contribution >= 0.6 is 0 Å². The fraction of sp³-hybridized carbons (Fsp3) is 0.667. The van der Waals surface area contributed by atoms with E-state index in [-0.39, 0.29) is 6.04 Å². The second-order valence-corrected chi connectivity index (χ2v) is 8.28. The summed E-state index contributed by atoms with van der Waals surface area (Å²) in [5.41, 5.74) is 7.07. The largest absolute Gasteiger partial charge is 0.494 e. The lowest BCUT2D eigenvalue weighted by Crippen LogP contribution is -2.56. The van der Waals surface area contributed by atoms with Gasteiger partial charge in [-0.3, -0.25) is 9.80 Å². The van der Waals surface area contributed by atoms with Gasteiger partial charge in [0.1, 0.15) is 5.75 Å². The Kier molecular flexibility index (Phi) is 5.44. The number of likely N-dealkylation sites (tertiary alicyclic amines) is 1. The molecule has 2 aliphatic heterocycles. The van der Waals surface area contributed by atoms with Gasteiger partial charge in [-0.05, 0) is 62.3 Å². The first-order chi connectivity index (χ1) is 12.7. The molecule has 1 saturated carbocycles. The Hall–Kier alpha value is -1.61. The maximum absolute atomic E-state index is 8.83. The number of hydrogen-bond donors (Lipinski definition) is 1. The van der Waals surface area contributed by atoms with Gasteiger partial charge in [0.2, 0.25) is 0 Å². The number of nitriles is 1. The summed E-state index contributed by atoms with van der Waals surface area (Å²) in [6.45, 7) is 5.42. The zero-order valence-corrected chi connectivity index (χ0v) is 15.5. The predicted octanol–water partition coefficient (Wildman–Crippen LogP) is 2.21. The van der Waals surface area contributed by atoms with Gasteiger partial charge in [0.05, 0.1) is 18.2 Å². The first kappa shape index (κ1) is 17.8. The van der Waals surface area contributed by atoms with Crippen LogP contribution in [0.25, 0.3) is 0 Å². The van der Waals surface area contributed by atoms with Gasteiger partial charge >= 0.3 is 0 Å². The lowest BCUT2D eigenvalue weighted by molar-refractivity contribution is 0.0580. The molecule has 5 heteroatoms. The molecule has 1 aromatic carbocycles.